The summed E-state index contributed by atoms with van der Waals surface area (Å²) >= 11 is 0. The Morgan fingerprint density at radius 3 is 2.76 bits per heavy atom. The number of carbonyl (C=O) groups is 1. The van der Waals surface area contributed by atoms with Gasteiger partial charge in [0, 0.05) is 26.5 Å². The lowest BCUT2D eigenvalue weighted by Gasteiger charge is -2.24. The molecule has 0 spiro atoms. The maximum Gasteiger partial charge on any atom is 0.295 e. The lowest BCUT2D eigenvalue weighted by Crippen LogP contribution is -2.35. The van der Waals surface area contributed by atoms with Gasteiger partial charge in [-0.1, -0.05) is 32.1 Å². The Morgan fingerprint density at radius 1 is 1.32 bits per heavy atom. The van der Waals surface area contributed by atoms with E-state index in [0.29, 0.717) is 18.2 Å². The zero-order valence-electron chi connectivity index (χ0n) is 14.7. The van der Waals surface area contributed by atoms with Gasteiger partial charge in [0.25, 0.3) is 11.5 Å². The maximum absolute atomic E-state index is 14.4. The second kappa shape index (κ2) is 7.33. The molecule has 25 heavy (non-hydrogen) atoms. The van der Waals surface area contributed by atoms with E-state index in [1.54, 1.807) is 30.9 Å². The van der Waals surface area contributed by atoms with Gasteiger partial charge in [-0.2, -0.15) is 0 Å². The Bertz CT molecular complexity index is 809. The van der Waals surface area contributed by atoms with Gasteiger partial charge in [-0.15, -0.1) is 10.2 Å². The molecule has 1 aliphatic carbocycles. The third-order valence-corrected chi connectivity index (χ3v) is 5.01. The fourth-order valence-electron chi connectivity index (χ4n) is 3.47. The van der Waals surface area contributed by atoms with Gasteiger partial charge < -0.3 is 9.47 Å². The summed E-state index contributed by atoms with van der Waals surface area (Å²) in [5.41, 5.74) is -0.0734. The van der Waals surface area contributed by atoms with Gasteiger partial charge in [0.15, 0.2) is 12.0 Å². The second-order valence-electron chi connectivity index (χ2n) is 6.93. The summed E-state index contributed by atoms with van der Waals surface area (Å²) in [5.74, 6) is 0.206. The van der Waals surface area contributed by atoms with Crippen LogP contribution >= 0.6 is 0 Å². The Balaban J connectivity index is 1.67. The van der Waals surface area contributed by atoms with E-state index in [0.717, 1.165) is 25.7 Å². The highest BCUT2D eigenvalue weighted by molar-refractivity contribution is 5.80. The molecule has 1 amide bonds. The zero-order chi connectivity index (χ0) is 18.0. The van der Waals surface area contributed by atoms with Crippen molar-refractivity contribution in [1.82, 2.24) is 24.1 Å². The molecule has 2 heterocycles. The van der Waals surface area contributed by atoms with Gasteiger partial charge in [-0.05, 0) is 12.3 Å². The predicted molar refractivity (Wildman–Crippen MR) is 90.8 cm³/mol. The number of fused-ring (bicyclic) bond motifs is 1. The number of carbonyl (C=O) groups excluding carboxylic acids is 1. The van der Waals surface area contributed by atoms with Crippen molar-refractivity contribution in [2.75, 3.05) is 7.05 Å². The van der Waals surface area contributed by atoms with Crippen LogP contribution in [0.25, 0.3) is 5.65 Å². The molecule has 0 radical (unpaired) electrons. The minimum absolute atomic E-state index is 0.109. The van der Waals surface area contributed by atoms with E-state index in [9.17, 15) is 14.0 Å². The normalized spacial score (nSPS) is 16.9. The number of halogens is 1. The lowest BCUT2D eigenvalue weighted by atomic mass is 9.85. The van der Waals surface area contributed by atoms with Crippen LogP contribution < -0.4 is 5.56 Å². The van der Waals surface area contributed by atoms with Crippen molar-refractivity contribution >= 4 is 11.6 Å². The third kappa shape index (κ3) is 3.72. The van der Waals surface area contributed by atoms with E-state index in [4.69, 9.17) is 0 Å². The molecule has 1 atom stereocenters. The quantitative estimate of drug-likeness (QED) is 0.823. The van der Waals surface area contributed by atoms with E-state index in [1.165, 1.54) is 15.9 Å². The molecule has 0 N–H and O–H groups in total. The molecule has 0 aliphatic heterocycles. The number of hydrogen-bond donors (Lipinski definition) is 0. The molecule has 3 rings (SSSR count). The Hall–Kier alpha value is -2.25. The summed E-state index contributed by atoms with van der Waals surface area (Å²) in [6.45, 7) is 0.109. The topological polar surface area (TPSA) is 72.5 Å². The van der Waals surface area contributed by atoms with Crippen LogP contribution in [0.4, 0.5) is 4.39 Å². The number of aromatic nitrogens is 4. The van der Waals surface area contributed by atoms with Crippen LogP contribution in [0, 0.1) is 5.92 Å². The highest BCUT2D eigenvalue weighted by Gasteiger charge is 2.27. The largest absolute Gasteiger partial charge is 0.336 e. The van der Waals surface area contributed by atoms with Gasteiger partial charge in [0.05, 0.1) is 6.54 Å². The molecular formula is C17H24FN5O2. The predicted octanol–water partition coefficient (Wildman–Crippen LogP) is 1.69. The average Bonchev–Trinajstić information content (AvgIpc) is 3.01. The molecule has 2 aromatic heterocycles. The Labute approximate surface area is 145 Å². The van der Waals surface area contributed by atoms with Crippen molar-refractivity contribution in [3.05, 3.63) is 28.6 Å². The fourth-order valence-corrected chi connectivity index (χ4v) is 3.47. The summed E-state index contributed by atoms with van der Waals surface area (Å²) in [5, 5.41) is 7.86. The summed E-state index contributed by atoms with van der Waals surface area (Å²) in [4.78, 5) is 25.6. The Morgan fingerprint density at radius 2 is 2.04 bits per heavy atom. The Kier molecular flexibility index (Phi) is 5.15. The minimum atomic E-state index is -1.49. The fraction of sp³-hybridized carbons (Fsp3) is 0.647. The number of nitrogens with zero attached hydrogens (tertiary/aromatic N) is 5. The van der Waals surface area contributed by atoms with E-state index in [2.05, 4.69) is 10.2 Å². The SMILES string of the molecule is CN(Cc1nnc2c(=O)n(C)ccn12)C(=O)C(F)CC1CCCCC1. The molecule has 7 nitrogen and oxygen atoms in total. The first-order valence-corrected chi connectivity index (χ1v) is 8.75. The molecule has 136 valence electrons. The van der Waals surface area contributed by atoms with Crippen molar-refractivity contribution < 1.29 is 9.18 Å². The smallest absolute Gasteiger partial charge is 0.295 e. The first-order chi connectivity index (χ1) is 12.0. The zero-order valence-corrected chi connectivity index (χ0v) is 14.7. The number of alkyl halides is 1. The van der Waals surface area contributed by atoms with Crippen molar-refractivity contribution in [2.24, 2.45) is 13.0 Å². The summed E-state index contributed by atoms with van der Waals surface area (Å²) in [7, 11) is 3.18. The van der Waals surface area contributed by atoms with Crippen LogP contribution in [0.3, 0.4) is 0 Å². The molecule has 8 heteroatoms. The van der Waals surface area contributed by atoms with Gasteiger partial charge in [0.2, 0.25) is 5.65 Å². The van der Waals surface area contributed by atoms with Crippen LogP contribution in [-0.2, 0) is 18.4 Å². The number of rotatable bonds is 5. The van der Waals surface area contributed by atoms with E-state index in [1.807, 2.05) is 0 Å². The van der Waals surface area contributed by atoms with Gasteiger partial charge >= 0.3 is 0 Å². The molecule has 1 unspecified atom stereocenters. The van der Waals surface area contributed by atoms with E-state index < -0.39 is 12.1 Å². The summed E-state index contributed by atoms with van der Waals surface area (Å²) in [6.07, 6.45) is 7.56. The third-order valence-electron chi connectivity index (χ3n) is 5.01. The van der Waals surface area contributed by atoms with E-state index in [-0.39, 0.29) is 17.8 Å². The standard InChI is InChI=1S/C17H24FN5O2/c1-21-8-9-23-14(19-20-15(23)17(21)25)11-22(2)16(24)13(18)10-12-6-4-3-5-7-12/h8-9,12-13H,3-7,10-11H2,1-2H3. The van der Waals surface area contributed by atoms with Crippen LogP contribution in [0.5, 0.6) is 0 Å². The van der Waals surface area contributed by atoms with Crippen LogP contribution in [0.2, 0.25) is 0 Å². The molecule has 0 bridgehead atoms. The average molecular weight is 349 g/mol. The highest BCUT2D eigenvalue weighted by Crippen LogP contribution is 2.28. The monoisotopic (exact) mass is 349 g/mol. The summed E-state index contributed by atoms with van der Waals surface area (Å²) in [6, 6.07) is 0. The molecular weight excluding hydrogens is 325 g/mol. The number of amides is 1. The molecule has 2 aromatic rings. The first-order valence-electron chi connectivity index (χ1n) is 8.75. The second-order valence-corrected chi connectivity index (χ2v) is 6.93. The lowest BCUT2D eigenvalue weighted by molar-refractivity contribution is -0.136. The first kappa shape index (κ1) is 17.6. The minimum Gasteiger partial charge on any atom is -0.336 e. The number of hydrogen-bond acceptors (Lipinski definition) is 4. The van der Waals surface area contributed by atoms with Crippen LogP contribution in [0.15, 0.2) is 17.2 Å². The van der Waals surface area contributed by atoms with Crippen LogP contribution in [-0.4, -0.2) is 43.2 Å². The maximum atomic E-state index is 14.4. The molecule has 1 saturated carbocycles. The van der Waals surface area contributed by atoms with Crippen molar-refractivity contribution in [2.45, 2.75) is 51.2 Å². The number of aryl methyl sites for hydroxylation is 1. The molecule has 1 aliphatic rings. The highest BCUT2D eigenvalue weighted by atomic mass is 19.1. The molecule has 0 saturated heterocycles. The van der Waals surface area contributed by atoms with Gasteiger partial charge in [-0.25, -0.2) is 4.39 Å². The molecule has 0 aromatic carbocycles. The van der Waals surface area contributed by atoms with E-state index >= 15 is 0 Å². The van der Waals surface area contributed by atoms with Crippen LogP contribution in [0.1, 0.15) is 44.3 Å². The summed E-state index contributed by atoms with van der Waals surface area (Å²) < 4.78 is 17.4. The van der Waals surface area contributed by atoms with Gasteiger partial charge in [-0.3, -0.25) is 14.0 Å². The van der Waals surface area contributed by atoms with Gasteiger partial charge in [0.1, 0.15) is 0 Å². The van der Waals surface area contributed by atoms with Crippen molar-refractivity contribution in [3.8, 4) is 0 Å². The van der Waals surface area contributed by atoms with Crippen molar-refractivity contribution in [3.63, 3.8) is 0 Å². The molecule has 1 fully saturated rings. The van der Waals surface area contributed by atoms with Crippen molar-refractivity contribution in [1.29, 1.82) is 0 Å².